The molecule has 0 rings (SSSR count). The number of carbonyl (C=O) groups is 1. The molecule has 0 fully saturated rings. The second-order valence-corrected chi connectivity index (χ2v) is 5.55. The Labute approximate surface area is 111 Å². The van der Waals surface area contributed by atoms with Crippen molar-refractivity contribution >= 4 is 17.5 Å². The third kappa shape index (κ3) is 7.64. The Morgan fingerprint density at radius 1 is 1.06 bits per heavy atom. The number of rotatable bonds is 11. The van der Waals surface area contributed by atoms with Gasteiger partial charge in [0.2, 0.25) is 5.91 Å². The highest BCUT2D eigenvalue weighted by atomic mass is 35.5. The Morgan fingerprint density at radius 3 is 1.94 bits per heavy atom. The summed E-state index contributed by atoms with van der Waals surface area (Å²) >= 11 is 5.80. The van der Waals surface area contributed by atoms with Crippen LogP contribution in [0.5, 0.6) is 0 Å². The van der Waals surface area contributed by atoms with E-state index in [2.05, 4.69) is 6.92 Å². The van der Waals surface area contributed by atoms with Gasteiger partial charge in [-0.1, -0.05) is 58.3 Å². The van der Waals surface area contributed by atoms with Gasteiger partial charge in [0.05, 0.1) is 5.41 Å². The van der Waals surface area contributed by atoms with Crippen molar-refractivity contribution in [1.29, 1.82) is 0 Å². The first kappa shape index (κ1) is 16.8. The van der Waals surface area contributed by atoms with Gasteiger partial charge in [-0.2, -0.15) is 0 Å². The molecule has 0 aromatic rings. The molecule has 0 saturated heterocycles. The van der Waals surface area contributed by atoms with Crippen LogP contribution >= 0.6 is 11.6 Å². The summed E-state index contributed by atoms with van der Waals surface area (Å²) in [6.07, 6.45) is 11.0. The molecule has 0 aromatic carbocycles. The predicted octanol–water partition coefficient (Wildman–Crippen LogP) is 4.25. The van der Waals surface area contributed by atoms with Crippen molar-refractivity contribution < 1.29 is 4.79 Å². The summed E-state index contributed by atoms with van der Waals surface area (Å²) in [5, 5.41) is 0. The van der Waals surface area contributed by atoms with Crippen molar-refractivity contribution in [2.75, 3.05) is 5.88 Å². The van der Waals surface area contributed by atoms with Gasteiger partial charge in [-0.3, -0.25) is 4.79 Å². The molecule has 102 valence electrons. The number of hydrogen-bond donors (Lipinski definition) is 1. The number of carbonyl (C=O) groups excluding carboxylic acids is 1. The zero-order valence-electron chi connectivity index (χ0n) is 11.4. The van der Waals surface area contributed by atoms with Crippen LogP contribution < -0.4 is 5.73 Å². The predicted molar refractivity (Wildman–Crippen MR) is 75.2 cm³/mol. The fourth-order valence-electron chi connectivity index (χ4n) is 1.90. The summed E-state index contributed by atoms with van der Waals surface area (Å²) in [6.45, 7) is 4.10. The lowest BCUT2D eigenvalue weighted by molar-refractivity contribution is -0.126. The van der Waals surface area contributed by atoms with E-state index in [0.29, 0.717) is 5.88 Å². The molecule has 3 heteroatoms. The quantitative estimate of drug-likeness (QED) is 0.439. The Bertz CT molecular complexity index is 208. The molecule has 0 bridgehead atoms. The molecule has 1 unspecified atom stereocenters. The first-order chi connectivity index (χ1) is 8.06. The number of halogens is 1. The van der Waals surface area contributed by atoms with E-state index in [4.69, 9.17) is 17.3 Å². The highest BCUT2D eigenvalue weighted by Crippen LogP contribution is 2.26. The molecule has 0 heterocycles. The van der Waals surface area contributed by atoms with Crippen molar-refractivity contribution in [3.63, 3.8) is 0 Å². The van der Waals surface area contributed by atoms with Crippen LogP contribution in [-0.2, 0) is 4.79 Å². The number of nitrogens with two attached hydrogens (primary N) is 1. The van der Waals surface area contributed by atoms with Crippen LogP contribution in [0.1, 0.15) is 71.6 Å². The number of amides is 1. The fraction of sp³-hybridized carbons (Fsp3) is 0.929. The van der Waals surface area contributed by atoms with E-state index >= 15 is 0 Å². The van der Waals surface area contributed by atoms with E-state index in [9.17, 15) is 4.79 Å². The minimum Gasteiger partial charge on any atom is -0.369 e. The molecule has 0 aliphatic rings. The highest BCUT2D eigenvalue weighted by Gasteiger charge is 2.29. The molecule has 17 heavy (non-hydrogen) atoms. The number of hydrogen-bond acceptors (Lipinski definition) is 1. The smallest absolute Gasteiger partial charge is 0.224 e. The van der Waals surface area contributed by atoms with Crippen molar-refractivity contribution in [3.05, 3.63) is 0 Å². The van der Waals surface area contributed by atoms with Crippen molar-refractivity contribution in [3.8, 4) is 0 Å². The van der Waals surface area contributed by atoms with Gasteiger partial charge in [-0.05, 0) is 13.3 Å². The molecule has 2 N–H and O–H groups in total. The first-order valence-electron chi connectivity index (χ1n) is 6.92. The van der Waals surface area contributed by atoms with Gasteiger partial charge in [0, 0.05) is 5.88 Å². The SMILES string of the molecule is CCCCCCCCCCC(C)(CCl)C(N)=O. The topological polar surface area (TPSA) is 43.1 Å². The molecular formula is C14H28ClNO. The summed E-state index contributed by atoms with van der Waals surface area (Å²) in [4.78, 5) is 11.2. The second kappa shape index (κ2) is 9.76. The zero-order chi connectivity index (χ0) is 13.1. The molecule has 0 spiro atoms. The van der Waals surface area contributed by atoms with Gasteiger partial charge in [-0.15, -0.1) is 11.6 Å². The molecule has 0 radical (unpaired) electrons. The van der Waals surface area contributed by atoms with E-state index in [-0.39, 0.29) is 5.91 Å². The monoisotopic (exact) mass is 261 g/mol. The minimum atomic E-state index is -0.510. The maximum Gasteiger partial charge on any atom is 0.224 e. The van der Waals surface area contributed by atoms with E-state index in [1.807, 2.05) is 6.92 Å². The lowest BCUT2D eigenvalue weighted by Crippen LogP contribution is -2.35. The van der Waals surface area contributed by atoms with Gasteiger partial charge in [0.1, 0.15) is 0 Å². The van der Waals surface area contributed by atoms with Crippen LogP contribution in [0.25, 0.3) is 0 Å². The summed E-state index contributed by atoms with van der Waals surface area (Å²) < 4.78 is 0. The maximum absolute atomic E-state index is 11.2. The summed E-state index contributed by atoms with van der Waals surface area (Å²) in [5.74, 6) is 0.0641. The van der Waals surface area contributed by atoms with Crippen LogP contribution in [0.4, 0.5) is 0 Å². The van der Waals surface area contributed by atoms with E-state index in [1.165, 1.54) is 44.9 Å². The van der Waals surface area contributed by atoms with Crippen LogP contribution in [-0.4, -0.2) is 11.8 Å². The van der Waals surface area contributed by atoms with E-state index < -0.39 is 5.41 Å². The molecule has 1 amide bonds. The molecule has 0 saturated carbocycles. The Balaban J connectivity index is 3.47. The fourth-order valence-corrected chi connectivity index (χ4v) is 2.17. The first-order valence-corrected chi connectivity index (χ1v) is 7.46. The molecule has 0 aliphatic carbocycles. The second-order valence-electron chi connectivity index (χ2n) is 5.28. The number of alkyl halides is 1. The average Bonchev–Trinajstić information content (AvgIpc) is 2.32. The maximum atomic E-state index is 11.2. The normalized spacial score (nSPS) is 14.5. The lowest BCUT2D eigenvalue weighted by Gasteiger charge is -2.22. The van der Waals surface area contributed by atoms with E-state index in [0.717, 1.165) is 12.8 Å². The Kier molecular flexibility index (Phi) is 9.62. The van der Waals surface area contributed by atoms with Crippen LogP contribution in [0.3, 0.4) is 0 Å². The number of primary amides is 1. The summed E-state index contributed by atoms with van der Waals surface area (Å²) in [6, 6.07) is 0. The Morgan fingerprint density at radius 2 is 1.53 bits per heavy atom. The van der Waals surface area contributed by atoms with Crippen molar-refractivity contribution in [1.82, 2.24) is 0 Å². The summed E-state index contributed by atoms with van der Waals surface area (Å²) in [5.41, 5.74) is 4.84. The standard InChI is InChI=1S/C14H28ClNO/c1-3-4-5-6-7-8-9-10-11-14(2,12-15)13(16)17/h3-12H2,1-2H3,(H2,16,17). The molecule has 0 aromatic heterocycles. The van der Waals surface area contributed by atoms with Crippen molar-refractivity contribution in [2.24, 2.45) is 11.1 Å². The van der Waals surface area contributed by atoms with Gasteiger partial charge in [-0.25, -0.2) is 0 Å². The highest BCUT2D eigenvalue weighted by molar-refractivity contribution is 6.19. The van der Waals surface area contributed by atoms with Crippen LogP contribution in [0, 0.1) is 5.41 Å². The van der Waals surface area contributed by atoms with E-state index in [1.54, 1.807) is 0 Å². The molecular weight excluding hydrogens is 234 g/mol. The Hall–Kier alpha value is -0.240. The molecule has 1 atom stereocenters. The van der Waals surface area contributed by atoms with Crippen LogP contribution in [0.15, 0.2) is 0 Å². The van der Waals surface area contributed by atoms with Gasteiger partial charge in [0.15, 0.2) is 0 Å². The third-order valence-corrected chi connectivity index (χ3v) is 4.06. The zero-order valence-corrected chi connectivity index (χ0v) is 12.2. The average molecular weight is 262 g/mol. The lowest BCUT2D eigenvalue weighted by atomic mass is 9.86. The number of unbranched alkanes of at least 4 members (excludes halogenated alkanes) is 7. The summed E-state index contributed by atoms with van der Waals surface area (Å²) in [7, 11) is 0. The minimum absolute atomic E-state index is 0.268. The third-order valence-electron chi connectivity index (χ3n) is 3.47. The van der Waals surface area contributed by atoms with Gasteiger partial charge >= 0.3 is 0 Å². The van der Waals surface area contributed by atoms with Gasteiger partial charge < -0.3 is 5.73 Å². The van der Waals surface area contributed by atoms with Crippen LogP contribution in [0.2, 0.25) is 0 Å². The van der Waals surface area contributed by atoms with Crippen molar-refractivity contribution in [2.45, 2.75) is 71.6 Å². The van der Waals surface area contributed by atoms with Gasteiger partial charge in [0.25, 0.3) is 0 Å². The molecule has 2 nitrogen and oxygen atoms in total. The molecule has 0 aliphatic heterocycles. The largest absolute Gasteiger partial charge is 0.369 e.